The molecular formula is C30H27BrN4O6S. The molecule has 4 aromatic rings. The highest BCUT2D eigenvalue weighted by atomic mass is 79.9. The van der Waals surface area contributed by atoms with E-state index in [1.54, 1.807) is 23.0 Å². The third-order valence-corrected chi connectivity index (χ3v) is 8.77. The SMILES string of the molecule is O=C(COC(=O)C=Cc1cn(-c2ccccc2)nc1-c1ccc(Br)cc1)Nc1cccc(S(=O)(=O)N2CCOCC2)c1. The number of carbonyl (C=O) groups is 2. The van der Waals surface area contributed by atoms with Crippen molar-refractivity contribution in [3.63, 3.8) is 0 Å². The molecule has 0 radical (unpaired) electrons. The molecule has 42 heavy (non-hydrogen) atoms. The number of hydrogen-bond donors (Lipinski definition) is 1. The highest BCUT2D eigenvalue weighted by Crippen LogP contribution is 2.26. The zero-order chi connectivity index (χ0) is 29.5. The second kappa shape index (κ2) is 13.3. The minimum absolute atomic E-state index is 0.0553. The molecule has 1 aromatic heterocycles. The van der Waals surface area contributed by atoms with Crippen LogP contribution >= 0.6 is 15.9 Å². The number of amides is 1. The fraction of sp³-hybridized carbons (Fsp3) is 0.167. The van der Waals surface area contributed by atoms with Gasteiger partial charge in [-0.3, -0.25) is 4.79 Å². The van der Waals surface area contributed by atoms with Crippen molar-refractivity contribution in [3.8, 4) is 16.9 Å². The van der Waals surface area contributed by atoms with Crippen molar-refractivity contribution in [2.45, 2.75) is 4.90 Å². The van der Waals surface area contributed by atoms with Crippen molar-refractivity contribution in [3.05, 3.63) is 101 Å². The second-order valence-corrected chi connectivity index (χ2v) is 12.1. The molecule has 1 fully saturated rings. The highest BCUT2D eigenvalue weighted by Gasteiger charge is 2.26. The van der Waals surface area contributed by atoms with Crippen molar-refractivity contribution in [1.29, 1.82) is 0 Å². The van der Waals surface area contributed by atoms with Crippen LogP contribution in [0.15, 0.2) is 101 Å². The molecule has 1 aliphatic heterocycles. The average Bonchev–Trinajstić information content (AvgIpc) is 3.45. The van der Waals surface area contributed by atoms with E-state index in [9.17, 15) is 18.0 Å². The van der Waals surface area contributed by atoms with Crippen LogP contribution in [0.1, 0.15) is 5.56 Å². The van der Waals surface area contributed by atoms with E-state index in [4.69, 9.17) is 14.6 Å². The van der Waals surface area contributed by atoms with E-state index in [-0.39, 0.29) is 23.7 Å². The summed E-state index contributed by atoms with van der Waals surface area (Å²) in [6.07, 6.45) is 4.63. The van der Waals surface area contributed by atoms with Gasteiger partial charge < -0.3 is 14.8 Å². The highest BCUT2D eigenvalue weighted by molar-refractivity contribution is 9.10. The summed E-state index contributed by atoms with van der Waals surface area (Å²) >= 11 is 3.44. The van der Waals surface area contributed by atoms with Gasteiger partial charge in [0.05, 0.1) is 29.5 Å². The monoisotopic (exact) mass is 650 g/mol. The van der Waals surface area contributed by atoms with E-state index in [0.717, 1.165) is 15.7 Å². The Bertz CT molecular complexity index is 1700. The summed E-state index contributed by atoms with van der Waals surface area (Å²) in [6, 6.07) is 23.2. The summed E-state index contributed by atoms with van der Waals surface area (Å²) in [5.74, 6) is -1.33. The van der Waals surface area contributed by atoms with E-state index in [0.29, 0.717) is 24.5 Å². The van der Waals surface area contributed by atoms with Gasteiger partial charge in [-0.05, 0) is 48.5 Å². The topological polar surface area (TPSA) is 120 Å². The number of nitrogens with one attached hydrogen (secondary N) is 1. The molecule has 0 unspecified atom stereocenters. The molecule has 3 aromatic carbocycles. The van der Waals surface area contributed by atoms with Crippen molar-refractivity contribution >= 4 is 49.6 Å². The number of para-hydroxylation sites is 1. The maximum atomic E-state index is 12.9. The molecule has 1 amide bonds. The number of aromatic nitrogens is 2. The van der Waals surface area contributed by atoms with Crippen LogP contribution in [-0.4, -0.2) is 67.3 Å². The average molecular weight is 652 g/mol. The summed E-state index contributed by atoms with van der Waals surface area (Å²) in [4.78, 5) is 25.0. The Morgan fingerprint density at radius 3 is 2.48 bits per heavy atom. The number of halogens is 1. The quantitative estimate of drug-likeness (QED) is 0.209. The summed E-state index contributed by atoms with van der Waals surface area (Å²) in [6.45, 7) is 0.638. The van der Waals surface area contributed by atoms with Gasteiger partial charge in [-0.1, -0.05) is 52.3 Å². The molecule has 1 aliphatic rings. The van der Waals surface area contributed by atoms with E-state index >= 15 is 0 Å². The molecule has 12 heteroatoms. The van der Waals surface area contributed by atoms with Gasteiger partial charge in [-0.15, -0.1) is 0 Å². The van der Waals surface area contributed by atoms with Crippen LogP contribution < -0.4 is 5.32 Å². The van der Waals surface area contributed by atoms with Gasteiger partial charge in [0.15, 0.2) is 6.61 Å². The van der Waals surface area contributed by atoms with Crippen LogP contribution in [0.3, 0.4) is 0 Å². The largest absolute Gasteiger partial charge is 0.452 e. The standard InChI is InChI=1S/C30H27BrN4O6S/c31-24-12-9-22(10-13-24)30-23(20-35(33-30)26-6-2-1-3-7-26)11-14-29(37)41-21-28(36)32-25-5-4-8-27(19-25)42(38,39)34-15-17-40-18-16-34/h1-14,19-20H,15-18,21H2,(H,32,36). The first-order valence-electron chi connectivity index (χ1n) is 13.0. The predicted octanol–water partition coefficient (Wildman–Crippen LogP) is 4.52. The molecule has 0 spiro atoms. The summed E-state index contributed by atoms with van der Waals surface area (Å²) < 4.78 is 40.2. The van der Waals surface area contributed by atoms with Gasteiger partial charge in [0.25, 0.3) is 5.91 Å². The Labute approximate surface area is 251 Å². The number of carbonyl (C=O) groups excluding carboxylic acids is 2. The van der Waals surface area contributed by atoms with Gasteiger partial charge in [0.1, 0.15) is 0 Å². The minimum Gasteiger partial charge on any atom is -0.452 e. The first-order valence-corrected chi connectivity index (χ1v) is 15.3. The summed E-state index contributed by atoms with van der Waals surface area (Å²) in [5.41, 5.74) is 3.34. The number of hydrogen-bond acceptors (Lipinski definition) is 7. The van der Waals surface area contributed by atoms with Gasteiger partial charge in [0, 0.05) is 46.6 Å². The lowest BCUT2D eigenvalue weighted by Gasteiger charge is -2.26. The Kier molecular flexibility index (Phi) is 9.28. The zero-order valence-corrected chi connectivity index (χ0v) is 24.8. The second-order valence-electron chi connectivity index (χ2n) is 9.25. The first kappa shape index (κ1) is 29.4. The van der Waals surface area contributed by atoms with E-state index in [1.165, 1.54) is 28.6 Å². The van der Waals surface area contributed by atoms with E-state index in [2.05, 4.69) is 21.2 Å². The zero-order valence-electron chi connectivity index (χ0n) is 22.4. The van der Waals surface area contributed by atoms with E-state index < -0.39 is 28.5 Å². The van der Waals surface area contributed by atoms with Crippen LogP contribution in [-0.2, 0) is 29.1 Å². The molecule has 1 saturated heterocycles. The molecular weight excluding hydrogens is 624 g/mol. The van der Waals surface area contributed by atoms with Crippen LogP contribution in [0.5, 0.6) is 0 Å². The molecule has 10 nitrogen and oxygen atoms in total. The van der Waals surface area contributed by atoms with Crippen LogP contribution in [0.2, 0.25) is 0 Å². The first-order chi connectivity index (χ1) is 20.3. The minimum atomic E-state index is -3.72. The molecule has 1 N–H and O–H groups in total. The van der Waals surface area contributed by atoms with Crippen LogP contribution in [0.4, 0.5) is 5.69 Å². The molecule has 216 valence electrons. The number of sulfonamides is 1. The Morgan fingerprint density at radius 1 is 1.00 bits per heavy atom. The number of esters is 1. The Balaban J connectivity index is 1.23. The number of rotatable bonds is 9. The summed E-state index contributed by atoms with van der Waals surface area (Å²) in [7, 11) is -3.72. The molecule has 2 heterocycles. The van der Waals surface area contributed by atoms with Gasteiger partial charge >= 0.3 is 5.97 Å². The van der Waals surface area contributed by atoms with Crippen molar-refractivity contribution in [2.75, 3.05) is 38.2 Å². The molecule has 0 aliphatic carbocycles. The number of anilines is 1. The van der Waals surface area contributed by atoms with Crippen molar-refractivity contribution in [1.82, 2.24) is 14.1 Å². The molecule has 0 atom stereocenters. The fourth-order valence-corrected chi connectivity index (χ4v) is 5.98. The van der Waals surface area contributed by atoms with Crippen molar-refractivity contribution in [2.24, 2.45) is 0 Å². The fourth-order valence-electron chi connectivity index (χ4n) is 4.26. The maximum absolute atomic E-state index is 12.9. The Hall–Kier alpha value is -4.10. The lowest BCUT2D eigenvalue weighted by molar-refractivity contribution is -0.142. The Morgan fingerprint density at radius 2 is 1.74 bits per heavy atom. The number of ether oxygens (including phenoxy) is 2. The van der Waals surface area contributed by atoms with Gasteiger partial charge in [-0.2, -0.15) is 9.40 Å². The van der Waals surface area contributed by atoms with Crippen molar-refractivity contribution < 1.29 is 27.5 Å². The third-order valence-electron chi connectivity index (χ3n) is 6.35. The predicted molar refractivity (Wildman–Crippen MR) is 161 cm³/mol. The van der Waals surface area contributed by atoms with E-state index in [1.807, 2.05) is 54.6 Å². The lowest BCUT2D eigenvalue weighted by Crippen LogP contribution is -2.40. The smallest absolute Gasteiger partial charge is 0.331 e. The lowest BCUT2D eigenvalue weighted by atomic mass is 10.1. The maximum Gasteiger partial charge on any atom is 0.331 e. The summed E-state index contributed by atoms with van der Waals surface area (Å²) in [5, 5.41) is 7.29. The van der Waals surface area contributed by atoms with Crippen LogP contribution in [0, 0.1) is 0 Å². The molecule has 0 bridgehead atoms. The molecule has 5 rings (SSSR count). The number of benzene rings is 3. The normalized spacial score (nSPS) is 14.1. The van der Waals surface area contributed by atoms with Gasteiger partial charge in [0.2, 0.25) is 10.0 Å². The number of nitrogens with zero attached hydrogens (tertiary/aromatic N) is 3. The third kappa shape index (κ3) is 7.21. The number of morpholine rings is 1. The van der Waals surface area contributed by atoms with Crippen LogP contribution in [0.25, 0.3) is 23.0 Å². The van der Waals surface area contributed by atoms with Gasteiger partial charge in [-0.25, -0.2) is 17.9 Å². The molecule has 0 saturated carbocycles.